The summed E-state index contributed by atoms with van der Waals surface area (Å²) < 4.78 is 5.03. The summed E-state index contributed by atoms with van der Waals surface area (Å²) >= 11 is 0. The van der Waals surface area contributed by atoms with Crippen LogP contribution in [-0.2, 0) is 4.79 Å². The van der Waals surface area contributed by atoms with E-state index in [0.717, 1.165) is 24.9 Å². The van der Waals surface area contributed by atoms with Gasteiger partial charge in [-0.1, -0.05) is 6.07 Å². The molecule has 0 aromatic heterocycles. The third-order valence-corrected chi connectivity index (χ3v) is 3.46. The number of aromatic hydroxyl groups is 1. The predicted molar refractivity (Wildman–Crippen MR) is 74.1 cm³/mol. The fraction of sp³-hybridized carbons (Fsp3) is 0.400. The summed E-state index contributed by atoms with van der Waals surface area (Å²) in [5, 5.41) is 9.50. The van der Waals surface area contributed by atoms with E-state index in [9.17, 15) is 9.90 Å². The molecule has 1 aliphatic heterocycles. The van der Waals surface area contributed by atoms with Gasteiger partial charge in [0.2, 0.25) is 5.91 Å². The Morgan fingerprint density at radius 2 is 2.32 bits per heavy atom. The molecular formula is C15H19NO3. The number of carbonyl (C=O) groups excluding carboxylic acids is 1. The van der Waals surface area contributed by atoms with Gasteiger partial charge < -0.3 is 14.7 Å². The second-order valence-corrected chi connectivity index (χ2v) is 4.79. The molecule has 19 heavy (non-hydrogen) atoms. The molecule has 1 aromatic rings. The van der Waals surface area contributed by atoms with Crippen LogP contribution in [0.25, 0.3) is 6.08 Å². The second-order valence-electron chi connectivity index (χ2n) is 4.79. The Bertz CT molecular complexity index is 496. The van der Waals surface area contributed by atoms with E-state index in [2.05, 4.69) is 6.92 Å². The standard InChI is InChI=1S/C15H19NO3/c1-11-4-3-9-16(11)15(18)8-6-12-5-7-13(17)14(10-12)19-2/h5-8,10-11,17H,3-4,9H2,1-2H3. The maximum absolute atomic E-state index is 12.0. The van der Waals surface area contributed by atoms with Crippen molar-refractivity contribution in [2.75, 3.05) is 13.7 Å². The maximum atomic E-state index is 12.0. The molecule has 1 N–H and O–H groups in total. The number of nitrogens with zero attached hydrogens (tertiary/aromatic N) is 1. The Morgan fingerprint density at radius 3 is 2.95 bits per heavy atom. The first-order chi connectivity index (χ1) is 9.11. The SMILES string of the molecule is COc1cc(C=CC(=O)N2CCCC2C)ccc1O. The molecule has 0 bridgehead atoms. The smallest absolute Gasteiger partial charge is 0.246 e. The quantitative estimate of drug-likeness (QED) is 0.850. The van der Waals surface area contributed by atoms with E-state index in [0.29, 0.717) is 11.8 Å². The van der Waals surface area contributed by atoms with Crippen LogP contribution in [0.3, 0.4) is 0 Å². The Labute approximate surface area is 113 Å². The minimum atomic E-state index is 0.0389. The van der Waals surface area contributed by atoms with E-state index in [-0.39, 0.29) is 11.7 Å². The van der Waals surface area contributed by atoms with Gasteiger partial charge in [0.25, 0.3) is 0 Å². The van der Waals surface area contributed by atoms with Gasteiger partial charge in [0.15, 0.2) is 11.5 Å². The normalized spacial score (nSPS) is 19.1. The van der Waals surface area contributed by atoms with Gasteiger partial charge in [-0.05, 0) is 43.5 Å². The summed E-state index contributed by atoms with van der Waals surface area (Å²) in [6.45, 7) is 2.91. The molecule has 1 aromatic carbocycles. The van der Waals surface area contributed by atoms with Crippen molar-refractivity contribution >= 4 is 12.0 Å². The number of phenolic OH excluding ortho intramolecular Hbond substituents is 1. The van der Waals surface area contributed by atoms with E-state index in [1.54, 1.807) is 30.4 Å². The summed E-state index contributed by atoms with van der Waals surface area (Å²) in [4.78, 5) is 13.9. The van der Waals surface area contributed by atoms with Crippen molar-refractivity contribution in [1.82, 2.24) is 4.90 Å². The van der Waals surface area contributed by atoms with Crippen molar-refractivity contribution in [3.05, 3.63) is 29.8 Å². The van der Waals surface area contributed by atoms with E-state index in [1.807, 2.05) is 4.90 Å². The van der Waals surface area contributed by atoms with Gasteiger partial charge in [-0.15, -0.1) is 0 Å². The van der Waals surface area contributed by atoms with Crippen LogP contribution in [0.4, 0.5) is 0 Å². The molecule has 1 unspecified atom stereocenters. The molecule has 2 rings (SSSR count). The van der Waals surface area contributed by atoms with Gasteiger partial charge in [0.05, 0.1) is 7.11 Å². The van der Waals surface area contributed by atoms with Gasteiger partial charge >= 0.3 is 0 Å². The summed E-state index contributed by atoms with van der Waals surface area (Å²) in [5.74, 6) is 0.542. The zero-order valence-electron chi connectivity index (χ0n) is 11.3. The molecule has 0 aliphatic carbocycles. The van der Waals surface area contributed by atoms with Crippen molar-refractivity contribution in [1.29, 1.82) is 0 Å². The van der Waals surface area contributed by atoms with E-state index in [4.69, 9.17) is 4.74 Å². The van der Waals surface area contributed by atoms with Crippen LogP contribution < -0.4 is 4.74 Å². The number of benzene rings is 1. The summed E-state index contributed by atoms with van der Waals surface area (Å²) in [7, 11) is 1.50. The van der Waals surface area contributed by atoms with E-state index >= 15 is 0 Å². The number of methoxy groups -OCH3 is 1. The molecule has 1 fully saturated rings. The molecule has 0 saturated carbocycles. The minimum absolute atomic E-state index is 0.0389. The molecule has 1 heterocycles. The Kier molecular flexibility index (Phi) is 4.10. The zero-order chi connectivity index (χ0) is 13.8. The van der Waals surface area contributed by atoms with Crippen molar-refractivity contribution in [2.45, 2.75) is 25.8 Å². The lowest BCUT2D eigenvalue weighted by atomic mass is 10.2. The van der Waals surface area contributed by atoms with Crippen LogP contribution in [0.5, 0.6) is 11.5 Å². The number of hydrogen-bond donors (Lipinski definition) is 1. The molecule has 1 aliphatic rings. The predicted octanol–water partition coefficient (Wildman–Crippen LogP) is 2.42. The second kappa shape index (κ2) is 5.78. The molecule has 1 amide bonds. The Morgan fingerprint density at radius 1 is 1.53 bits per heavy atom. The van der Waals surface area contributed by atoms with E-state index in [1.165, 1.54) is 7.11 Å². The summed E-state index contributed by atoms with van der Waals surface area (Å²) in [5.41, 5.74) is 0.829. The highest BCUT2D eigenvalue weighted by Gasteiger charge is 2.23. The lowest BCUT2D eigenvalue weighted by molar-refractivity contribution is -0.126. The summed E-state index contributed by atoms with van der Waals surface area (Å²) in [6, 6.07) is 5.33. The Balaban J connectivity index is 2.08. The highest BCUT2D eigenvalue weighted by atomic mass is 16.5. The van der Waals surface area contributed by atoms with Crippen LogP contribution >= 0.6 is 0 Å². The van der Waals surface area contributed by atoms with Gasteiger partial charge in [-0.3, -0.25) is 4.79 Å². The number of carbonyl (C=O) groups is 1. The topological polar surface area (TPSA) is 49.8 Å². The van der Waals surface area contributed by atoms with Crippen molar-refractivity contribution in [3.63, 3.8) is 0 Å². The van der Waals surface area contributed by atoms with Crippen LogP contribution in [0.1, 0.15) is 25.3 Å². The van der Waals surface area contributed by atoms with Gasteiger partial charge in [-0.2, -0.15) is 0 Å². The first-order valence-electron chi connectivity index (χ1n) is 6.47. The monoisotopic (exact) mass is 261 g/mol. The number of phenols is 1. The zero-order valence-corrected chi connectivity index (χ0v) is 11.3. The molecule has 0 radical (unpaired) electrons. The van der Waals surface area contributed by atoms with Gasteiger partial charge in [-0.25, -0.2) is 0 Å². The highest BCUT2D eigenvalue weighted by Crippen LogP contribution is 2.26. The first kappa shape index (κ1) is 13.5. The van der Waals surface area contributed by atoms with Crippen LogP contribution in [-0.4, -0.2) is 35.6 Å². The molecule has 102 valence electrons. The van der Waals surface area contributed by atoms with Crippen LogP contribution in [0, 0.1) is 0 Å². The van der Waals surface area contributed by atoms with Crippen molar-refractivity contribution in [2.24, 2.45) is 0 Å². The molecule has 4 nitrogen and oxygen atoms in total. The average Bonchev–Trinajstić information content (AvgIpc) is 2.83. The number of likely N-dealkylation sites (tertiary alicyclic amines) is 1. The molecular weight excluding hydrogens is 242 g/mol. The highest BCUT2D eigenvalue weighted by molar-refractivity contribution is 5.92. The number of rotatable bonds is 3. The minimum Gasteiger partial charge on any atom is -0.504 e. The Hall–Kier alpha value is -1.97. The van der Waals surface area contributed by atoms with E-state index < -0.39 is 0 Å². The number of amides is 1. The van der Waals surface area contributed by atoms with Crippen LogP contribution in [0.2, 0.25) is 0 Å². The largest absolute Gasteiger partial charge is 0.504 e. The fourth-order valence-corrected chi connectivity index (χ4v) is 2.32. The third kappa shape index (κ3) is 3.08. The molecule has 0 spiro atoms. The third-order valence-electron chi connectivity index (χ3n) is 3.46. The van der Waals surface area contributed by atoms with Gasteiger partial charge in [0.1, 0.15) is 0 Å². The summed E-state index contributed by atoms with van der Waals surface area (Å²) in [6.07, 6.45) is 5.48. The molecule has 1 saturated heterocycles. The van der Waals surface area contributed by atoms with Crippen LogP contribution in [0.15, 0.2) is 24.3 Å². The maximum Gasteiger partial charge on any atom is 0.246 e. The average molecular weight is 261 g/mol. The fourth-order valence-electron chi connectivity index (χ4n) is 2.32. The van der Waals surface area contributed by atoms with Crippen molar-refractivity contribution < 1.29 is 14.6 Å². The molecule has 4 heteroatoms. The van der Waals surface area contributed by atoms with Gasteiger partial charge in [0, 0.05) is 18.7 Å². The number of ether oxygens (including phenoxy) is 1. The van der Waals surface area contributed by atoms with Crippen molar-refractivity contribution in [3.8, 4) is 11.5 Å². The first-order valence-corrected chi connectivity index (χ1v) is 6.47. The number of hydrogen-bond acceptors (Lipinski definition) is 3. The lowest BCUT2D eigenvalue weighted by Gasteiger charge is -2.19. The molecule has 1 atom stereocenters. The lowest BCUT2D eigenvalue weighted by Crippen LogP contribution is -2.32.